The highest BCUT2D eigenvalue weighted by molar-refractivity contribution is 7.89. The Balaban J connectivity index is 1.72. The summed E-state index contributed by atoms with van der Waals surface area (Å²) < 4.78 is 40.5. The van der Waals surface area contributed by atoms with Gasteiger partial charge in [-0.2, -0.15) is 0 Å². The van der Waals surface area contributed by atoms with Crippen molar-refractivity contribution in [2.75, 3.05) is 11.9 Å². The summed E-state index contributed by atoms with van der Waals surface area (Å²) in [7, 11) is -3.72. The Kier molecular flexibility index (Phi) is 6.68. The molecule has 0 unspecified atom stereocenters. The topological polar surface area (TPSA) is 116 Å². The van der Waals surface area contributed by atoms with E-state index in [1.165, 1.54) is 41.3 Å². The maximum atomic E-state index is 13.1. The predicted octanol–water partition coefficient (Wildman–Crippen LogP) is 2.12. The first-order chi connectivity index (χ1) is 14.9. The second kappa shape index (κ2) is 8.97. The lowest BCUT2D eigenvalue weighted by Gasteiger charge is -2.24. The number of carbonyl (C=O) groups is 2. The van der Waals surface area contributed by atoms with Gasteiger partial charge in [0.25, 0.3) is 5.91 Å². The van der Waals surface area contributed by atoms with Crippen molar-refractivity contribution < 1.29 is 27.5 Å². The normalized spacial score (nSPS) is 19.1. The number of rotatable bonds is 5. The molecule has 32 heavy (non-hydrogen) atoms. The molecule has 10 heteroatoms. The van der Waals surface area contributed by atoms with Crippen LogP contribution in [0, 0.1) is 5.82 Å². The van der Waals surface area contributed by atoms with Gasteiger partial charge in [0.05, 0.1) is 11.0 Å². The molecule has 0 bridgehead atoms. The second-order valence-corrected chi connectivity index (χ2v) is 10.4. The molecule has 3 N–H and O–H groups in total. The first kappa shape index (κ1) is 23.8. The van der Waals surface area contributed by atoms with Gasteiger partial charge in [0.15, 0.2) is 0 Å². The Labute approximate surface area is 186 Å². The van der Waals surface area contributed by atoms with Crippen LogP contribution in [0.3, 0.4) is 0 Å². The van der Waals surface area contributed by atoms with E-state index in [0.29, 0.717) is 5.69 Å². The summed E-state index contributed by atoms with van der Waals surface area (Å²) in [5, 5.41) is 12.7. The fraction of sp³-hybridized carbons (Fsp3) is 0.364. The van der Waals surface area contributed by atoms with E-state index in [0.717, 1.165) is 12.1 Å². The largest absolute Gasteiger partial charge is 0.391 e. The Morgan fingerprint density at radius 1 is 1.06 bits per heavy atom. The first-order valence-electron chi connectivity index (χ1n) is 10.1. The van der Waals surface area contributed by atoms with E-state index in [1.54, 1.807) is 20.8 Å². The van der Waals surface area contributed by atoms with Gasteiger partial charge < -0.3 is 15.3 Å². The Hall–Kier alpha value is -2.82. The van der Waals surface area contributed by atoms with Gasteiger partial charge >= 0.3 is 0 Å². The molecule has 172 valence electrons. The fourth-order valence-electron chi connectivity index (χ4n) is 3.45. The maximum Gasteiger partial charge on any atom is 0.254 e. The maximum absolute atomic E-state index is 13.1. The number of carbonyl (C=O) groups excluding carboxylic acids is 2. The van der Waals surface area contributed by atoms with Gasteiger partial charge in [-0.05, 0) is 69.3 Å². The smallest absolute Gasteiger partial charge is 0.254 e. The average Bonchev–Trinajstić information content (AvgIpc) is 3.08. The zero-order valence-electron chi connectivity index (χ0n) is 18.0. The van der Waals surface area contributed by atoms with Crippen LogP contribution in [0.4, 0.5) is 10.1 Å². The van der Waals surface area contributed by atoms with Crippen molar-refractivity contribution in [1.29, 1.82) is 0 Å². The monoisotopic (exact) mass is 463 g/mol. The van der Waals surface area contributed by atoms with Crippen LogP contribution in [-0.4, -0.2) is 54.5 Å². The number of benzene rings is 2. The standard InChI is InChI=1S/C22H26FN3O5S/c1-22(2,3)25-32(30,31)18-10-8-16(9-11-18)24-20(28)19-12-17(27)13-26(19)21(29)14-4-6-15(23)7-5-14/h4-11,17,19,25,27H,12-13H2,1-3H3,(H,24,28)/t17-,19+/m1/s1. The number of nitrogens with one attached hydrogen (secondary N) is 2. The van der Waals surface area contributed by atoms with E-state index in [9.17, 15) is 27.5 Å². The van der Waals surface area contributed by atoms with Gasteiger partial charge in [-0.1, -0.05) is 0 Å². The van der Waals surface area contributed by atoms with Gasteiger partial charge in [-0.15, -0.1) is 0 Å². The van der Waals surface area contributed by atoms with E-state index < -0.39 is 45.3 Å². The number of aliphatic hydroxyl groups excluding tert-OH is 1. The van der Waals surface area contributed by atoms with E-state index in [2.05, 4.69) is 10.0 Å². The van der Waals surface area contributed by atoms with Crippen molar-refractivity contribution >= 4 is 27.5 Å². The molecule has 3 rings (SSSR count). The fourth-order valence-corrected chi connectivity index (χ4v) is 4.87. The number of halogens is 1. The van der Waals surface area contributed by atoms with Gasteiger partial charge in [-0.25, -0.2) is 17.5 Å². The zero-order chi connectivity index (χ0) is 23.7. The van der Waals surface area contributed by atoms with E-state index in [4.69, 9.17) is 0 Å². The third-order valence-corrected chi connectivity index (χ3v) is 6.58. The van der Waals surface area contributed by atoms with Crippen molar-refractivity contribution in [2.45, 2.75) is 49.8 Å². The minimum atomic E-state index is -3.72. The number of likely N-dealkylation sites (tertiary alicyclic amines) is 1. The minimum Gasteiger partial charge on any atom is -0.391 e. The Morgan fingerprint density at radius 3 is 2.22 bits per heavy atom. The molecule has 2 atom stereocenters. The third kappa shape index (κ3) is 5.70. The molecular formula is C22H26FN3O5S. The predicted molar refractivity (Wildman–Crippen MR) is 117 cm³/mol. The van der Waals surface area contributed by atoms with Gasteiger partial charge in [0.1, 0.15) is 11.9 Å². The molecule has 1 aliphatic heterocycles. The third-order valence-electron chi connectivity index (χ3n) is 4.81. The molecule has 1 saturated heterocycles. The molecule has 8 nitrogen and oxygen atoms in total. The number of hydrogen-bond donors (Lipinski definition) is 3. The zero-order valence-corrected chi connectivity index (χ0v) is 18.8. The van der Waals surface area contributed by atoms with Crippen LogP contribution in [0.25, 0.3) is 0 Å². The molecule has 0 saturated carbocycles. The lowest BCUT2D eigenvalue weighted by Crippen LogP contribution is -2.43. The van der Waals surface area contributed by atoms with E-state index >= 15 is 0 Å². The van der Waals surface area contributed by atoms with Crippen LogP contribution in [0.15, 0.2) is 53.4 Å². The molecule has 2 aromatic carbocycles. The lowest BCUT2D eigenvalue weighted by atomic mass is 10.1. The number of aliphatic hydroxyl groups is 1. The van der Waals surface area contributed by atoms with E-state index in [1.807, 2.05) is 0 Å². The highest BCUT2D eigenvalue weighted by Gasteiger charge is 2.39. The van der Waals surface area contributed by atoms with Gasteiger partial charge in [-0.3, -0.25) is 9.59 Å². The number of sulfonamides is 1. The number of hydrogen-bond acceptors (Lipinski definition) is 5. The molecule has 2 aromatic rings. The van der Waals surface area contributed by atoms with Crippen molar-refractivity contribution in [3.63, 3.8) is 0 Å². The number of anilines is 1. The molecule has 0 spiro atoms. The average molecular weight is 464 g/mol. The molecular weight excluding hydrogens is 437 g/mol. The summed E-state index contributed by atoms with van der Waals surface area (Å²) in [4.78, 5) is 26.9. The molecule has 0 radical (unpaired) electrons. The van der Waals surface area contributed by atoms with Gasteiger partial charge in [0, 0.05) is 29.8 Å². The number of nitrogens with zero attached hydrogens (tertiary/aromatic N) is 1. The van der Waals surface area contributed by atoms with Crippen molar-refractivity contribution in [1.82, 2.24) is 9.62 Å². The molecule has 1 heterocycles. The summed E-state index contributed by atoms with van der Waals surface area (Å²) in [5.41, 5.74) is -0.0882. The second-order valence-electron chi connectivity index (χ2n) is 8.74. The quantitative estimate of drug-likeness (QED) is 0.628. The van der Waals surface area contributed by atoms with Crippen LogP contribution >= 0.6 is 0 Å². The van der Waals surface area contributed by atoms with Crippen molar-refractivity contribution in [3.8, 4) is 0 Å². The lowest BCUT2D eigenvalue weighted by molar-refractivity contribution is -0.119. The number of amides is 2. The van der Waals surface area contributed by atoms with Crippen LogP contribution in [0.1, 0.15) is 37.6 Å². The summed E-state index contributed by atoms with van der Waals surface area (Å²) in [6.45, 7) is 5.17. The molecule has 0 aromatic heterocycles. The van der Waals surface area contributed by atoms with Crippen LogP contribution < -0.4 is 10.0 Å². The van der Waals surface area contributed by atoms with Crippen LogP contribution in [0.2, 0.25) is 0 Å². The first-order valence-corrected chi connectivity index (χ1v) is 11.5. The summed E-state index contributed by atoms with van der Waals surface area (Å²) in [6, 6.07) is 9.67. The Morgan fingerprint density at radius 2 is 1.66 bits per heavy atom. The van der Waals surface area contributed by atoms with Crippen LogP contribution in [-0.2, 0) is 14.8 Å². The summed E-state index contributed by atoms with van der Waals surface area (Å²) >= 11 is 0. The molecule has 1 aliphatic rings. The molecule has 2 amide bonds. The Bertz CT molecular complexity index is 1100. The van der Waals surface area contributed by atoms with Crippen molar-refractivity contribution in [2.24, 2.45) is 0 Å². The molecule has 1 fully saturated rings. The molecule has 0 aliphatic carbocycles. The minimum absolute atomic E-state index is 0.0239. The summed E-state index contributed by atoms with van der Waals surface area (Å²) in [5.74, 6) is -1.49. The highest BCUT2D eigenvalue weighted by atomic mass is 32.2. The summed E-state index contributed by atoms with van der Waals surface area (Å²) in [6.07, 6.45) is -0.813. The SMILES string of the molecule is CC(C)(C)NS(=O)(=O)c1ccc(NC(=O)[C@@H]2C[C@@H](O)CN2C(=O)c2ccc(F)cc2)cc1. The van der Waals surface area contributed by atoms with Crippen LogP contribution in [0.5, 0.6) is 0 Å². The van der Waals surface area contributed by atoms with E-state index in [-0.39, 0.29) is 23.4 Å². The van der Waals surface area contributed by atoms with Crippen molar-refractivity contribution in [3.05, 3.63) is 59.9 Å². The number of β-amino-alcohol motifs (C(OH)–C–C–N with tert-alkyl or cyclic N) is 1. The van der Waals surface area contributed by atoms with Gasteiger partial charge in [0.2, 0.25) is 15.9 Å². The highest BCUT2D eigenvalue weighted by Crippen LogP contribution is 2.23.